The lowest BCUT2D eigenvalue weighted by Gasteiger charge is -2.34. The number of rotatable bonds is 4. The molecule has 100 valence electrons. The second-order valence-corrected chi connectivity index (χ2v) is 6.23. The van der Waals surface area contributed by atoms with Crippen LogP contribution in [-0.4, -0.2) is 32.4 Å². The minimum absolute atomic E-state index is 0.283. The van der Waals surface area contributed by atoms with Crippen LogP contribution in [0.5, 0.6) is 5.75 Å². The third kappa shape index (κ3) is 3.97. The topological polar surface area (TPSA) is 58.6 Å². The van der Waals surface area contributed by atoms with Crippen LogP contribution in [0.2, 0.25) is 0 Å². The number of hydroxylamine groups is 2. The van der Waals surface area contributed by atoms with Gasteiger partial charge in [0.05, 0.1) is 6.26 Å². The number of hydrogen-bond donors (Lipinski definition) is 1. The summed E-state index contributed by atoms with van der Waals surface area (Å²) in [7, 11) is -3.22. The second-order valence-electron chi connectivity index (χ2n) is 4.45. The number of nitrogens with one attached hydrogen (secondary N) is 1. The molecule has 1 unspecified atom stereocenters. The maximum absolute atomic E-state index is 11.3. The lowest BCUT2D eigenvalue weighted by Crippen LogP contribution is -2.51. The van der Waals surface area contributed by atoms with Crippen molar-refractivity contribution in [2.45, 2.75) is 25.4 Å². The van der Waals surface area contributed by atoms with Crippen LogP contribution in [0.1, 0.15) is 19.3 Å². The Hall–Kier alpha value is -1.11. The van der Waals surface area contributed by atoms with E-state index in [2.05, 4.69) is 4.72 Å². The second kappa shape index (κ2) is 5.69. The number of para-hydroxylation sites is 1. The zero-order valence-corrected chi connectivity index (χ0v) is 11.2. The van der Waals surface area contributed by atoms with E-state index in [9.17, 15) is 8.42 Å². The molecule has 1 saturated heterocycles. The lowest BCUT2D eigenvalue weighted by molar-refractivity contribution is -0.115. The van der Waals surface area contributed by atoms with E-state index >= 15 is 0 Å². The first-order valence-corrected chi connectivity index (χ1v) is 7.91. The van der Waals surface area contributed by atoms with Crippen molar-refractivity contribution in [1.82, 2.24) is 9.79 Å². The van der Waals surface area contributed by atoms with Gasteiger partial charge in [0.25, 0.3) is 0 Å². The Balaban J connectivity index is 2.04. The van der Waals surface area contributed by atoms with Crippen molar-refractivity contribution < 1.29 is 13.3 Å². The molecule has 1 aromatic rings. The summed E-state index contributed by atoms with van der Waals surface area (Å²) < 4.78 is 25.2. The Morgan fingerprint density at radius 1 is 1.28 bits per heavy atom. The molecule has 0 spiro atoms. The maximum atomic E-state index is 11.3. The van der Waals surface area contributed by atoms with Crippen molar-refractivity contribution in [2.24, 2.45) is 0 Å². The Labute approximate surface area is 108 Å². The van der Waals surface area contributed by atoms with Gasteiger partial charge in [0.1, 0.15) is 11.9 Å². The molecule has 18 heavy (non-hydrogen) atoms. The third-order valence-corrected chi connectivity index (χ3v) is 3.47. The summed E-state index contributed by atoms with van der Waals surface area (Å²) in [5.41, 5.74) is 0. The average molecular weight is 270 g/mol. The molecule has 1 fully saturated rings. The minimum atomic E-state index is -3.22. The molecule has 1 atom stereocenters. The van der Waals surface area contributed by atoms with Crippen LogP contribution >= 0.6 is 0 Å². The van der Waals surface area contributed by atoms with E-state index in [1.807, 2.05) is 30.3 Å². The van der Waals surface area contributed by atoms with Gasteiger partial charge in [0, 0.05) is 6.54 Å². The maximum Gasteiger partial charge on any atom is 0.210 e. The normalized spacial score (nSPS) is 21.7. The van der Waals surface area contributed by atoms with Crippen LogP contribution in [0.4, 0.5) is 0 Å². The Morgan fingerprint density at radius 2 is 2.00 bits per heavy atom. The van der Waals surface area contributed by atoms with E-state index < -0.39 is 10.0 Å². The van der Waals surface area contributed by atoms with Crippen LogP contribution in [0, 0.1) is 0 Å². The first-order valence-electron chi connectivity index (χ1n) is 6.01. The zero-order valence-electron chi connectivity index (χ0n) is 10.4. The predicted octanol–water partition coefficient (Wildman–Crippen LogP) is 1.34. The highest BCUT2D eigenvalue weighted by Gasteiger charge is 2.26. The van der Waals surface area contributed by atoms with E-state index in [4.69, 9.17) is 4.84 Å². The first kappa shape index (κ1) is 13.3. The van der Waals surface area contributed by atoms with Gasteiger partial charge in [-0.15, -0.1) is 5.06 Å². The van der Waals surface area contributed by atoms with Crippen molar-refractivity contribution in [3.8, 4) is 5.75 Å². The highest BCUT2D eigenvalue weighted by Crippen LogP contribution is 2.19. The van der Waals surface area contributed by atoms with Crippen LogP contribution < -0.4 is 9.56 Å². The molecule has 1 N–H and O–H groups in total. The van der Waals surface area contributed by atoms with Crippen molar-refractivity contribution in [1.29, 1.82) is 0 Å². The molecule has 0 amide bonds. The SMILES string of the molecule is CS(=O)(=O)NC1CCCCN1Oc1ccccc1. The smallest absolute Gasteiger partial charge is 0.210 e. The highest BCUT2D eigenvalue weighted by atomic mass is 32.2. The van der Waals surface area contributed by atoms with Gasteiger partial charge in [0.15, 0.2) is 0 Å². The molecule has 0 saturated carbocycles. The van der Waals surface area contributed by atoms with Gasteiger partial charge >= 0.3 is 0 Å². The third-order valence-electron chi connectivity index (χ3n) is 2.77. The number of benzene rings is 1. The number of sulfonamides is 1. The van der Waals surface area contributed by atoms with Crippen molar-refractivity contribution in [3.63, 3.8) is 0 Å². The molecule has 0 aromatic heterocycles. The van der Waals surface area contributed by atoms with Crippen LogP contribution in [-0.2, 0) is 10.0 Å². The summed E-state index contributed by atoms with van der Waals surface area (Å²) in [5.74, 6) is 0.722. The molecule has 1 heterocycles. The monoisotopic (exact) mass is 270 g/mol. The van der Waals surface area contributed by atoms with Gasteiger partial charge in [-0.3, -0.25) is 0 Å². The van der Waals surface area contributed by atoms with Crippen LogP contribution in [0.3, 0.4) is 0 Å². The van der Waals surface area contributed by atoms with Crippen molar-refractivity contribution >= 4 is 10.0 Å². The number of hydrogen-bond acceptors (Lipinski definition) is 4. The average Bonchev–Trinajstić information content (AvgIpc) is 2.31. The molecule has 0 aliphatic carbocycles. The molecule has 0 bridgehead atoms. The molecule has 1 aliphatic rings. The van der Waals surface area contributed by atoms with Gasteiger partial charge in [-0.05, 0) is 31.4 Å². The van der Waals surface area contributed by atoms with E-state index in [0.29, 0.717) is 0 Å². The summed E-state index contributed by atoms with van der Waals surface area (Å²) in [6.07, 6.45) is 3.66. The van der Waals surface area contributed by atoms with Gasteiger partial charge in [-0.25, -0.2) is 8.42 Å². The lowest BCUT2D eigenvalue weighted by atomic mass is 10.1. The molecule has 1 aromatic carbocycles. The van der Waals surface area contributed by atoms with E-state index in [1.165, 1.54) is 6.26 Å². The highest BCUT2D eigenvalue weighted by molar-refractivity contribution is 7.88. The molecular formula is C12H18N2O3S. The Kier molecular flexibility index (Phi) is 4.21. The predicted molar refractivity (Wildman–Crippen MR) is 69.4 cm³/mol. The summed E-state index contributed by atoms with van der Waals surface area (Å²) in [4.78, 5) is 5.72. The molecule has 6 heteroatoms. The van der Waals surface area contributed by atoms with Crippen LogP contribution in [0.15, 0.2) is 30.3 Å². The van der Waals surface area contributed by atoms with Gasteiger partial charge in [-0.2, -0.15) is 4.72 Å². The fourth-order valence-electron chi connectivity index (χ4n) is 2.00. The molecule has 2 rings (SSSR count). The fourth-order valence-corrected chi connectivity index (χ4v) is 2.73. The van der Waals surface area contributed by atoms with Gasteiger partial charge < -0.3 is 4.84 Å². The molecule has 5 nitrogen and oxygen atoms in total. The Bertz CT molecular complexity index is 475. The molecular weight excluding hydrogens is 252 g/mol. The van der Waals surface area contributed by atoms with E-state index in [-0.39, 0.29) is 6.17 Å². The van der Waals surface area contributed by atoms with E-state index in [1.54, 1.807) is 5.06 Å². The number of nitrogens with zero attached hydrogens (tertiary/aromatic N) is 1. The van der Waals surface area contributed by atoms with E-state index in [0.717, 1.165) is 31.6 Å². The van der Waals surface area contributed by atoms with Crippen molar-refractivity contribution in [2.75, 3.05) is 12.8 Å². The summed E-state index contributed by atoms with van der Waals surface area (Å²) in [6, 6.07) is 9.39. The zero-order chi connectivity index (χ0) is 13.0. The summed E-state index contributed by atoms with van der Waals surface area (Å²) in [6.45, 7) is 0.724. The molecule has 1 aliphatic heterocycles. The Morgan fingerprint density at radius 3 is 2.67 bits per heavy atom. The minimum Gasteiger partial charge on any atom is -0.404 e. The van der Waals surface area contributed by atoms with Crippen LogP contribution in [0.25, 0.3) is 0 Å². The fraction of sp³-hybridized carbons (Fsp3) is 0.500. The van der Waals surface area contributed by atoms with Crippen molar-refractivity contribution in [3.05, 3.63) is 30.3 Å². The summed E-state index contributed by atoms with van der Waals surface area (Å²) >= 11 is 0. The van der Waals surface area contributed by atoms with Gasteiger partial charge in [0.2, 0.25) is 10.0 Å². The van der Waals surface area contributed by atoms with Gasteiger partial charge in [-0.1, -0.05) is 18.2 Å². The quantitative estimate of drug-likeness (QED) is 0.897. The summed E-state index contributed by atoms with van der Waals surface area (Å²) in [5, 5.41) is 1.71. The standard InChI is InChI=1S/C12H18N2O3S/c1-18(15,16)13-12-9-5-6-10-14(12)17-11-7-3-2-4-8-11/h2-4,7-8,12-13H,5-6,9-10H2,1H3. The largest absolute Gasteiger partial charge is 0.404 e. The molecule has 0 radical (unpaired) electrons. The first-order chi connectivity index (χ1) is 8.54. The number of piperidine rings is 1.